The second kappa shape index (κ2) is 15.9. The molecule has 0 bridgehead atoms. The van der Waals surface area contributed by atoms with Crippen LogP contribution in [-0.2, 0) is 0 Å². The average Bonchev–Trinajstić information content (AvgIpc) is 3.74. The number of benzene rings is 2. The highest BCUT2D eigenvalue weighted by molar-refractivity contribution is 14.1. The number of hydrogen-bond donors (Lipinski definition) is 0. The Hall–Kier alpha value is -6.15. The van der Waals surface area contributed by atoms with E-state index in [-0.39, 0.29) is 11.4 Å². The molecule has 11 heteroatoms. The lowest BCUT2D eigenvalue weighted by Crippen LogP contribution is -1.94. The molecule has 0 aliphatic rings. The van der Waals surface area contributed by atoms with Crippen LogP contribution in [0, 0.1) is 52.5 Å². The number of aromatic nitrogens is 6. The maximum atomic E-state index is 13.5. The lowest BCUT2D eigenvalue weighted by molar-refractivity contribution is 0.626. The van der Waals surface area contributed by atoms with Gasteiger partial charge in [0.05, 0.1) is 46.0 Å². The topological polar surface area (TPSA) is 70.1 Å². The highest BCUT2D eigenvalue weighted by Gasteiger charge is 2.05. The molecular formula is C34H19F2IN8. The Balaban J connectivity index is 0.000000172. The van der Waals surface area contributed by atoms with E-state index in [1.54, 1.807) is 60.1 Å². The third kappa shape index (κ3) is 9.69. The number of halogens is 3. The molecule has 2 aromatic carbocycles. The zero-order valence-electron chi connectivity index (χ0n) is 23.2. The van der Waals surface area contributed by atoms with Gasteiger partial charge in [-0.05, 0) is 89.2 Å². The second-order valence-electron chi connectivity index (χ2n) is 8.66. The summed E-state index contributed by atoms with van der Waals surface area (Å²) in [6.07, 6.45) is 15.1. The molecule has 0 atom stereocenters. The van der Waals surface area contributed by atoms with Gasteiger partial charge < -0.3 is 0 Å². The van der Waals surface area contributed by atoms with Crippen LogP contribution in [0.3, 0.4) is 0 Å². The van der Waals surface area contributed by atoms with E-state index in [1.165, 1.54) is 28.9 Å². The summed E-state index contributed by atoms with van der Waals surface area (Å²) < 4.78 is 30.6. The first-order valence-electron chi connectivity index (χ1n) is 12.8. The minimum Gasteiger partial charge on any atom is -0.248 e. The molecule has 0 amide bonds. The molecule has 0 aliphatic heterocycles. The molecule has 6 aromatic rings. The van der Waals surface area contributed by atoms with Crippen LogP contribution in [0.15, 0.2) is 110 Å². The highest BCUT2D eigenvalue weighted by Crippen LogP contribution is 2.21. The van der Waals surface area contributed by atoms with E-state index >= 15 is 0 Å². The zero-order chi connectivity index (χ0) is 32.0. The van der Waals surface area contributed by atoms with Crippen LogP contribution in [0.25, 0.3) is 21.1 Å². The molecule has 0 aliphatic carbocycles. The number of hydrogen-bond acceptors (Lipinski definition) is 4. The van der Waals surface area contributed by atoms with Gasteiger partial charge in [0, 0.05) is 24.8 Å². The second-order valence-corrected chi connectivity index (χ2v) is 9.91. The Bertz CT molecular complexity index is 2090. The molecule has 216 valence electrons. The van der Waals surface area contributed by atoms with Crippen molar-refractivity contribution < 1.29 is 8.78 Å². The van der Waals surface area contributed by atoms with Crippen molar-refractivity contribution in [2.45, 2.75) is 0 Å². The molecule has 0 N–H and O–H groups in total. The van der Waals surface area contributed by atoms with Gasteiger partial charge in [0.1, 0.15) is 23.0 Å². The van der Waals surface area contributed by atoms with Crippen LogP contribution in [-0.4, -0.2) is 29.5 Å². The normalized spacial score (nSPS) is 9.42. The maximum absolute atomic E-state index is 13.5. The van der Waals surface area contributed by atoms with Crippen LogP contribution in [0.5, 0.6) is 0 Å². The summed E-state index contributed by atoms with van der Waals surface area (Å²) in [5.41, 5.74) is 3.58. The smallest absolute Gasteiger partial charge is 0.192 e. The minimum absolute atomic E-state index is 0.228. The van der Waals surface area contributed by atoms with E-state index in [4.69, 9.17) is 19.6 Å². The van der Waals surface area contributed by atoms with Gasteiger partial charge >= 0.3 is 0 Å². The quantitative estimate of drug-likeness (QED) is 0.106. The third-order valence-corrected chi connectivity index (χ3v) is 6.03. The fourth-order valence-electron chi connectivity index (χ4n) is 3.50. The van der Waals surface area contributed by atoms with Crippen molar-refractivity contribution in [3.05, 3.63) is 165 Å². The summed E-state index contributed by atoms with van der Waals surface area (Å²) in [5.74, 6) is 7.38. The first-order chi connectivity index (χ1) is 21.9. The van der Waals surface area contributed by atoms with Crippen molar-refractivity contribution in [3.63, 3.8) is 0 Å². The van der Waals surface area contributed by atoms with Crippen molar-refractivity contribution >= 4 is 34.0 Å². The Morgan fingerprint density at radius 2 is 1.27 bits per heavy atom. The summed E-state index contributed by atoms with van der Waals surface area (Å²) in [4.78, 5) is 14.4. The van der Waals surface area contributed by atoms with Crippen LogP contribution in [0.4, 0.5) is 20.2 Å². The average molecular weight is 704 g/mol. The van der Waals surface area contributed by atoms with Gasteiger partial charge in [0.2, 0.25) is 0 Å². The van der Waals surface area contributed by atoms with E-state index in [1.807, 2.05) is 30.3 Å². The van der Waals surface area contributed by atoms with Crippen molar-refractivity contribution in [3.8, 4) is 35.6 Å². The standard InChI is InChI=1S/C17H9FN4.C10H5FIN3.C7H5N/c1-19-16-8-14(18)9-17(10-16)22-12-13(11-21-22)5-6-15-4-2-3-7-20-15;1-13-9-2-7(11)3-10(4-9)15-6-8(12)5-14-15;1-2-7-5-3-4-6-8-7/h2-4,7-12H;2-6H;1,3-6H. The van der Waals surface area contributed by atoms with Gasteiger partial charge in [-0.25, -0.2) is 37.8 Å². The fourth-order valence-corrected chi connectivity index (χ4v) is 3.89. The predicted molar refractivity (Wildman–Crippen MR) is 175 cm³/mol. The molecule has 0 saturated heterocycles. The molecule has 8 nitrogen and oxygen atoms in total. The van der Waals surface area contributed by atoms with Crippen molar-refractivity contribution in [1.82, 2.24) is 29.5 Å². The molecule has 0 saturated carbocycles. The zero-order valence-corrected chi connectivity index (χ0v) is 25.3. The van der Waals surface area contributed by atoms with Gasteiger partial charge in [-0.1, -0.05) is 24.0 Å². The van der Waals surface area contributed by atoms with Gasteiger partial charge in [-0.2, -0.15) is 10.2 Å². The number of nitrogens with zero attached hydrogens (tertiary/aromatic N) is 8. The monoisotopic (exact) mass is 704 g/mol. The molecule has 45 heavy (non-hydrogen) atoms. The number of rotatable bonds is 2. The summed E-state index contributed by atoms with van der Waals surface area (Å²) in [6, 6.07) is 19.2. The van der Waals surface area contributed by atoms with Crippen molar-refractivity contribution in [1.29, 1.82) is 0 Å². The predicted octanol–water partition coefficient (Wildman–Crippen LogP) is 7.59. The van der Waals surface area contributed by atoms with Crippen LogP contribution in [0.1, 0.15) is 17.0 Å². The van der Waals surface area contributed by atoms with Gasteiger partial charge in [-0.3, -0.25) is 0 Å². The van der Waals surface area contributed by atoms with E-state index in [2.05, 4.69) is 70.2 Å². The first kappa shape index (κ1) is 31.8. The van der Waals surface area contributed by atoms with Crippen molar-refractivity contribution in [2.75, 3.05) is 0 Å². The van der Waals surface area contributed by atoms with E-state index in [0.29, 0.717) is 28.3 Å². The van der Waals surface area contributed by atoms with E-state index < -0.39 is 11.6 Å². The summed E-state index contributed by atoms with van der Waals surface area (Å²) in [6.45, 7) is 13.8. The summed E-state index contributed by atoms with van der Waals surface area (Å²) in [5, 5.41) is 8.18. The van der Waals surface area contributed by atoms with Crippen molar-refractivity contribution in [2.24, 2.45) is 0 Å². The molecule has 4 heterocycles. The Morgan fingerprint density at radius 3 is 1.73 bits per heavy atom. The van der Waals surface area contributed by atoms with E-state index in [9.17, 15) is 8.78 Å². The Labute approximate surface area is 271 Å². The van der Waals surface area contributed by atoms with Gasteiger partial charge in [0.15, 0.2) is 11.4 Å². The lowest BCUT2D eigenvalue weighted by atomic mass is 10.2. The van der Waals surface area contributed by atoms with Crippen LogP contribution in [0.2, 0.25) is 0 Å². The third-order valence-electron chi connectivity index (χ3n) is 5.47. The van der Waals surface area contributed by atoms with Crippen LogP contribution < -0.4 is 0 Å². The van der Waals surface area contributed by atoms with Gasteiger partial charge in [0.25, 0.3) is 0 Å². The first-order valence-corrected chi connectivity index (χ1v) is 13.9. The summed E-state index contributed by atoms with van der Waals surface area (Å²) >= 11 is 2.12. The Kier molecular flexibility index (Phi) is 11.2. The molecule has 6 rings (SSSR count). The SMILES string of the molecule is C#Cc1ccccn1.[C-]#[N+]c1cc(F)cc(-n2cc(C#Cc3ccccn3)cn2)c1.[C-]#[N+]c1cc(F)cc(-n2cc(I)cn2)c1. The molecule has 0 radical (unpaired) electrons. The Morgan fingerprint density at radius 1 is 0.711 bits per heavy atom. The lowest BCUT2D eigenvalue weighted by Gasteiger charge is -2.01. The molecule has 0 fully saturated rings. The summed E-state index contributed by atoms with van der Waals surface area (Å²) in [7, 11) is 0. The van der Waals surface area contributed by atoms with Crippen LogP contribution >= 0.6 is 22.6 Å². The highest BCUT2D eigenvalue weighted by atomic mass is 127. The number of pyridine rings is 2. The maximum Gasteiger partial charge on any atom is 0.192 e. The van der Waals surface area contributed by atoms with Gasteiger partial charge in [-0.15, -0.1) is 6.42 Å². The molecule has 0 spiro atoms. The molecular weight excluding hydrogens is 685 g/mol. The minimum atomic E-state index is -0.472. The van der Waals surface area contributed by atoms with E-state index in [0.717, 1.165) is 3.57 Å². The largest absolute Gasteiger partial charge is 0.248 e. The molecule has 4 aromatic heterocycles. The number of terminal acetylenes is 1. The fraction of sp³-hybridized carbons (Fsp3) is 0. The molecule has 0 unspecified atom stereocenters.